The van der Waals surface area contributed by atoms with Crippen LogP contribution in [0.5, 0.6) is 0 Å². The average Bonchev–Trinajstić information content (AvgIpc) is 2.83. The van der Waals surface area contributed by atoms with Gasteiger partial charge in [-0.05, 0) is 43.2 Å². The Kier molecular flexibility index (Phi) is 3.92. The molecule has 0 spiro atoms. The van der Waals surface area contributed by atoms with Gasteiger partial charge >= 0.3 is 0 Å². The molecule has 0 heterocycles. The Morgan fingerprint density at radius 2 is 2.00 bits per heavy atom. The van der Waals surface area contributed by atoms with E-state index in [1.165, 1.54) is 24.0 Å². The molecule has 1 amide bonds. The molecule has 2 aliphatic rings. The van der Waals surface area contributed by atoms with Crippen LogP contribution in [0.15, 0.2) is 24.3 Å². The number of halogens is 1. The van der Waals surface area contributed by atoms with Crippen LogP contribution in [0.4, 0.5) is 0 Å². The second kappa shape index (κ2) is 5.66. The average molecular weight is 322 g/mol. The number of carbonyl (C=O) groups is 1. The highest BCUT2D eigenvalue weighted by molar-refractivity contribution is 9.09. The zero-order valence-electron chi connectivity index (χ0n) is 11.1. The fourth-order valence-electron chi connectivity index (χ4n) is 3.39. The summed E-state index contributed by atoms with van der Waals surface area (Å²) >= 11 is 3.67. The van der Waals surface area contributed by atoms with Crippen molar-refractivity contribution in [2.45, 2.75) is 55.3 Å². The molecule has 1 aromatic carbocycles. The van der Waals surface area contributed by atoms with Crippen LogP contribution in [-0.2, 0) is 11.2 Å². The van der Waals surface area contributed by atoms with Crippen molar-refractivity contribution in [2.24, 2.45) is 0 Å². The highest BCUT2D eigenvalue weighted by atomic mass is 79.9. The summed E-state index contributed by atoms with van der Waals surface area (Å²) < 4.78 is 0. The van der Waals surface area contributed by atoms with Gasteiger partial charge < -0.3 is 5.32 Å². The van der Waals surface area contributed by atoms with Gasteiger partial charge in [0, 0.05) is 10.9 Å². The minimum absolute atomic E-state index is 0.0604. The minimum atomic E-state index is 0.0604. The van der Waals surface area contributed by atoms with E-state index in [-0.39, 0.29) is 11.8 Å². The Bertz CT molecular complexity index is 474. The minimum Gasteiger partial charge on any atom is -0.352 e. The zero-order valence-corrected chi connectivity index (χ0v) is 12.7. The van der Waals surface area contributed by atoms with Gasteiger partial charge in [-0.2, -0.15) is 0 Å². The Morgan fingerprint density at radius 3 is 2.79 bits per heavy atom. The molecule has 3 rings (SSSR count). The SMILES string of the molecule is O=C(NC1CCCC1Br)C1CCCc2ccccc21. The number of rotatable bonds is 2. The summed E-state index contributed by atoms with van der Waals surface area (Å²) in [5, 5.41) is 3.25. The number of nitrogens with one attached hydrogen (secondary N) is 1. The van der Waals surface area contributed by atoms with E-state index in [0.29, 0.717) is 10.9 Å². The lowest BCUT2D eigenvalue weighted by Gasteiger charge is -2.26. The number of hydrogen-bond donors (Lipinski definition) is 1. The summed E-state index contributed by atoms with van der Waals surface area (Å²) in [5.41, 5.74) is 2.60. The van der Waals surface area contributed by atoms with Gasteiger partial charge in [-0.3, -0.25) is 4.79 Å². The Balaban J connectivity index is 1.74. The standard InChI is InChI=1S/C16H20BrNO/c17-14-9-4-10-15(14)18-16(19)13-8-3-6-11-5-1-2-7-12(11)13/h1-2,5,7,13-15H,3-4,6,8-10H2,(H,18,19). The Morgan fingerprint density at radius 1 is 1.16 bits per heavy atom. The van der Waals surface area contributed by atoms with E-state index in [1.807, 2.05) is 6.07 Å². The third-order valence-electron chi connectivity index (χ3n) is 4.45. The van der Waals surface area contributed by atoms with Crippen LogP contribution in [0.2, 0.25) is 0 Å². The molecule has 3 atom stereocenters. The molecule has 3 heteroatoms. The normalized spacial score (nSPS) is 29.8. The maximum Gasteiger partial charge on any atom is 0.227 e. The predicted molar refractivity (Wildman–Crippen MR) is 80.6 cm³/mol. The molecule has 1 saturated carbocycles. The fraction of sp³-hybridized carbons (Fsp3) is 0.562. The third-order valence-corrected chi connectivity index (χ3v) is 5.54. The molecular formula is C16H20BrNO. The van der Waals surface area contributed by atoms with Crippen LogP contribution in [0, 0.1) is 0 Å². The first-order chi connectivity index (χ1) is 9.25. The number of hydrogen-bond acceptors (Lipinski definition) is 1. The van der Waals surface area contributed by atoms with Gasteiger partial charge in [0.25, 0.3) is 0 Å². The van der Waals surface area contributed by atoms with E-state index < -0.39 is 0 Å². The molecule has 3 unspecified atom stereocenters. The topological polar surface area (TPSA) is 29.1 Å². The summed E-state index contributed by atoms with van der Waals surface area (Å²) in [7, 11) is 0. The molecule has 19 heavy (non-hydrogen) atoms. The van der Waals surface area contributed by atoms with Crippen LogP contribution in [0.25, 0.3) is 0 Å². The monoisotopic (exact) mass is 321 g/mol. The van der Waals surface area contributed by atoms with Crippen LogP contribution >= 0.6 is 15.9 Å². The van der Waals surface area contributed by atoms with E-state index in [4.69, 9.17) is 0 Å². The lowest BCUT2D eigenvalue weighted by atomic mass is 9.82. The van der Waals surface area contributed by atoms with Crippen molar-refractivity contribution in [3.8, 4) is 0 Å². The number of carbonyl (C=O) groups excluding carboxylic acids is 1. The molecule has 0 saturated heterocycles. The Labute approximate surface area is 123 Å². The summed E-state index contributed by atoms with van der Waals surface area (Å²) in [5.74, 6) is 0.286. The molecule has 0 aliphatic heterocycles. The van der Waals surface area contributed by atoms with Crippen LogP contribution in [0.3, 0.4) is 0 Å². The highest BCUT2D eigenvalue weighted by Crippen LogP contribution is 2.33. The molecular weight excluding hydrogens is 302 g/mol. The molecule has 2 nitrogen and oxygen atoms in total. The molecule has 1 aromatic rings. The molecule has 0 radical (unpaired) electrons. The van der Waals surface area contributed by atoms with E-state index in [1.54, 1.807) is 0 Å². The second-order valence-electron chi connectivity index (χ2n) is 5.71. The smallest absolute Gasteiger partial charge is 0.227 e. The number of alkyl halides is 1. The van der Waals surface area contributed by atoms with Gasteiger partial charge in [0.1, 0.15) is 0 Å². The number of amides is 1. The van der Waals surface area contributed by atoms with E-state index in [9.17, 15) is 4.79 Å². The van der Waals surface area contributed by atoms with Crippen molar-refractivity contribution < 1.29 is 4.79 Å². The third kappa shape index (κ3) is 2.71. The van der Waals surface area contributed by atoms with Crippen molar-refractivity contribution >= 4 is 21.8 Å². The van der Waals surface area contributed by atoms with Crippen molar-refractivity contribution in [3.63, 3.8) is 0 Å². The number of aryl methyl sites for hydroxylation is 1. The Hall–Kier alpha value is -0.830. The van der Waals surface area contributed by atoms with Gasteiger partial charge in [-0.15, -0.1) is 0 Å². The number of benzene rings is 1. The van der Waals surface area contributed by atoms with Gasteiger partial charge in [0.2, 0.25) is 5.91 Å². The predicted octanol–water partition coefficient (Wildman–Crippen LogP) is 3.54. The summed E-state index contributed by atoms with van der Waals surface area (Å²) in [6, 6.07) is 8.73. The summed E-state index contributed by atoms with van der Waals surface area (Å²) in [4.78, 5) is 13.0. The molecule has 0 aromatic heterocycles. The second-order valence-corrected chi connectivity index (χ2v) is 6.88. The lowest BCUT2D eigenvalue weighted by molar-refractivity contribution is -0.123. The van der Waals surface area contributed by atoms with E-state index in [2.05, 4.69) is 39.4 Å². The van der Waals surface area contributed by atoms with Crippen LogP contribution in [0.1, 0.15) is 49.1 Å². The number of fused-ring (bicyclic) bond motifs is 1. The first-order valence-electron chi connectivity index (χ1n) is 7.28. The van der Waals surface area contributed by atoms with Crippen molar-refractivity contribution in [1.82, 2.24) is 5.32 Å². The summed E-state index contributed by atoms with van der Waals surface area (Å²) in [6.45, 7) is 0. The molecule has 102 valence electrons. The lowest BCUT2D eigenvalue weighted by Crippen LogP contribution is -2.41. The van der Waals surface area contributed by atoms with Crippen LogP contribution in [-0.4, -0.2) is 16.8 Å². The van der Waals surface area contributed by atoms with Gasteiger partial charge in [-0.1, -0.05) is 46.6 Å². The molecule has 1 N–H and O–H groups in total. The van der Waals surface area contributed by atoms with E-state index in [0.717, 1.165) is 25.7 Å². The largest absolute Gasteiger partial charge is 0.352 e. The first-order valence-corrected chi connectivity index (χ1v) is 8.19. The fourth-order valence-corrected chi connectivity index (χ4v) is 4.11. The quantitative estimate of drug-likeness (QED) is 0.829. The van der Waals surface area contributed by atoms with Gasteiger partial charge in [0.15, 0.2) is 0 Å². The van der Waals surface area contributed by atoms with Crippen molar-refractivity contribution in [3.05, 3.63) is 35.4 Å². The van der Waals surface area contributed by atoms with Gasteiger partial charge in [-0.25, -0.2) is 0 Å². The maximum atomic E-state index is 12.5. The highest BCUT2D eigenvalue weighted by Gasteiger charge is 2.31. The zero-order chi connectivity index (χ0) is 13.2. The first kappa shape index (κ1) is 13.2. The summed E-state index contributed by atoms with van der Waals surface area (Å²) in [6.07, 6.45) is 6.72. The van der Waals surface area contributed by atoms with E-state index >= 15 is 0 Å². The van der Waals surface area contributed by atoms with Crippen molar-refractivity contribution in [1.29, 1.82) is 0 Å². The molecule has 1 fully saturated rings. The molecule has 2 aliphatic carbocycles. The van der Waals surface area contributed by atoms with Gasteiger partial charge in [0.05, 0.1) is 5.92 Å². The van der Waals surface area contributed by atoms with Crippen LogP contribution < -0.4 is 5.32 Å². The maximum absolute atomic E-state index is 12.5. The molecule has 0 bridgehead atoms. The van der Waals surface area contributed by atoms with Crippen molar-refractivity contribution in [2.75, 3.05) is 0 Å².